The van der Waals surface area contributed by atoms with Gasteiger partial charge in [-0.1, -0.05) is 0 Å². The summed E-state index contributed by atoms with van der Waals surface area (Å²) in [5.41, 5.74) is 5.40. The molecule has 1 aliphatic heterocycles. The molecule has 1 aliphatic rings. The van der Waals surface area contributed by atoms with E-state index in [4.69, 9.17) is 5.73 Å². The number of rotatable bonds is 1. The number of halogens is 1. The molecule has 70 valence electrons. The Morgan fingerprint density at radius 3 is 2.92 bits per heavy atom. The molecule has 0 bridgehead atoms. The van der Waals surface area contributed by atoms with E-state index in [-0.39, 0.29) is 12.5 Å². The lowest BCUT2D eigenvalue weighted by molar-refractivity contribution is -0.134. The molecule has 0 radical (unpaired) electrons. The van der Waals surface area contributed by atoms with Crippen molar-refractivity contribution in [3.63, 3.8) is 0 Å². The molecule has 1 saturated heterocycles. The Hall–Kier alpha value is -0.640. The van der Waals surface area contributed by atoms with Crippen LogP contribution in [0, 0.1) is 0 Å². The highest BCUT2D eigenvalue weighted by atomic mass is 19.1. The fourth-order valence-electron chi connectivity index (χ4n) is 1.41. The predicted octanol–water partition coefficient (Wildman–Crippen LogP) is 0.294. The molecule has 0 aromatic carbocycles. The molecule has 1 heterocycles. The maximum Gasteiger partial charge on any atom is 0.239 e. The molecule has 1 fully saturated rings. The Labute approximate surface area is 71.7 Å². The quantitative estimate of drug-likeness (QED) is 0.621. The second-order valence-corrected chi connectivity index (χ2v) is 3.31. The SMILES string of the molecule is C[C@H](N)C(=O)N1CCC[C@@H](F)C1. The van der Waals surface area contributed by atoms with E-state index in [2.05, 4.69) is 0 Å². The number of amides is 1. The van der Waals surface area contributed by atoms with Gasteiger partial charge < -0.3 is 10.6 Å². The van der Waals surface area contributed by atoms with E-state index in [0.717, 1.165) is 6.42 Å². The molecule has 1 rings (SSSR count). The van der Waals surface area contributed by atoms with Gasteiger partial charge in [0.05, 0.1) is 12.6 Å². The van der Waals surface area contributed by atoms with E-state index in [1.165, 1.54) is 4.90 Å². The zero-order valence-corrected chi connectivity index (χ0v) is 7.29. The molecular weight excluding hydrogens is 159 g/mol. The standard InChI is InChI=1S/C8H15FN2O/c1-6(10)8(12)11-4-2-3-7(9)5-11/h6-7H,2-5,10H2,1H3/t6-,7+/m0/s1. The van der Waals surface area contributed by atoms with Gasteiger partial charge >= 0.3 is 0 Å². The van der Waals surface area contributed by atoms with Crippen LogP contribution in [-0.2, 0) is 4.79 Å². The van der Waals surface area contributed by atoms with Crippen molar-refractivity contribution in [1.29, 1.82) is 0 Å². The van der Waals surface area contributed by atoms with Crippen LogP contribution in [0.5, 0.6) is 0 Å². The van der Waals surface area contributed by atoms with Crippen LogP contribution in [0.25, 0.3) is 0 Å². The van der Waals surface area contributed by atoms with Crippen LogP contribution >= 0.6 is 0 Å². The zero-order chi connectivity index (χ0) is 9.14. The van der Waals surface area contributed by atoms with Gasteiger partial charge in [0, 0.05) is 6.54 Å². The van der Waals surface area contributed by atoms with Gasteiger partial charge in [0.1, 0.15) is 6.17 Å². The summed E-state index contributed by atoms with van der Waals surface area (Å²) < 4.78 is 12.8. The first kappa shape index (κ1) is 9.45. The second-order valence-electron chi connectivity index (χ2n) is 3.31. The van der Waals surface area contributed by atoms with Crippen LogP contribution in [0.2, 0.25) is 0 Å². The van der Waals surface area contributed by atoms with E-state index in [9.17, 15) is 9.18 Å². The predicted molar refractivity (Wildman–Crippen MR) is 44.4 cm³/mol. The summed E-state index contributed by atoms with van der Waals surface area (Å²) in [6.45, 7) is 2.51. The minimum atomic E-state index is -0.860. The monoisotopic (exact) mass is 174 g/mol. The number of hydrogen-bond acceptors (Lipinski definition) is 2. The minimum absolute atomic E-state index is 0.141. The third kappa shape index (κ3) is 2.17. The van der Waals surface area contributed by atoms with E-state index >= 15 is 0 Å². The summed E-state index contributed by atoms with van der Waals surface area (Å²) in [7, 11) is 0. The number of alkyl halides is 1. The number of hydrogen-bond donors (Lipinski definition) is 1. The molecular formula is C8H15FN2O. The first-order valence-electron chi connectivity index (χ1n) is 4.29. The van der Waals surface area contributed by atoms with E-state index in [0.29, 0.717) is 13.0 Å². The van der Waals surface area contributed by atoms with Crippen LogP contribution in [0.3, 0.4) is 0 Å². The third-order valence-corrected chi connectivity index (χ3v) is 2.07. The molecule has 4 heteroatoms. The topological polar surface area (TPSA) is 46.3 Å². The average molecular weight is 174 g/mol. The van der Waals surface area contributed by atoms with Crippen molar-refractivity contribution < 1.29 is 9.18 Å². The van der Waals surface area contributed by atoms with E-state index < -0.39 is 12.2 Å². The number of nitrogens with zero attached hydrogens (tertiary/aromatic N) is 1. The van der Waals surface area contributed by atoms with Crippen molar-refractivity contribution in [2.45, 2.75) is 32.0 Å². The van der Waals surface area contributed by atoms with Crippen molar-refractivity contribution in [2.24, 2.45) is 5.73 Å². The van der Waals surface area contributed by atoms with Gasteiger partial charge in [0.2, 0.25) is 5.91 Å². The molecule has 0 aromatic rings. The molecule has 1 amide bonds. The maximum absolute atomic E-state index is 12.8. The molecule has 3 nitrogen and oxygen atoms in total. The van der Waals surface area contributed by atoms with Crippen LogP contribution in [0.1, 0.15) is 19.8 Å². The highest BCUT2D eigenvalue weighted by molar-refractivity contribution is 5.81. The average Bonchev–Trinajstić information content (AvgIpc) is 2.03. The summed E-state index contributed by atoms with van der Waals surface area (Å²) in [6, 6.07) is -0.504. The Balaban J connectivity index is 2.46. The van der Waals surface area contributed by atoms with Crippen molar-refractivity contribution >= 4 is 5.91 Å². The van der Waals surface area contributed by atoms with Gasteiger partial charge in [-0.25, -0.2) is 4.39 Å². The number of carbonyl (C=O) groups is 1. The lowest BCUT2D eigenvalue weighted by atomic mass is 10.1. The van der Waals surface area contributed by atoms with Crippen LogP contribution in [0.15, 0.2) is 0 Å². The van der Waals surface area contributed by atoms with Crippen LogP contribution in [-0.4, -0.2) is 36.1 Å². The summed E-state index contributed by atoms with van der Waals surface area (Å²) >= 11 is 0. The molecule has 0 saturated carbocycles. The van der Waals surface area contributed by atoms with Gasteiger partial charge in [-0.05, 0) is 19.8 Å². The Morgan fingerprint density at radius 1 is 1.75 bits per heavy atom. The van der Waals surface area contributed by atoms with Crippen molar-refractivity contribution in [3.05, 3.63) is 0 Å². The van der Waals surface area contributed by atoms with Gasteiger partial charge in [0.15, 0.2) is 0 Å². The first-order valence-corrected chi connectivity index (χ1v) is 4.29. The maximum atomic E-state index is 12.8. The zero-order valence-electron chi connectivity index (χ0n) is 7.29. The Bertz CT molecular complexity index is 172. The van der Waals surface area contributed by atoms with Gasteiger partial charge in [0.25, 0.3) is 0 Å². The molecule has 2 atom stereocenters. The summed E-state index contributed by atoms with van der Waals surface area (Å²) in [5, 5.41) is 0. The smallest absolute Gasteiger partial charge is 0.239 e. The Kier molecular flexibility index (Phi) is 3.03. The van der Waals surface area contributed by atoms with Crippen molar-refractivity contribution in [1.82, 2.24) is 4.90 Å². The number of nitrogens with two attached hydrogens (primary N) is 1. The minimum Gasteiger partial charge on any atom is -0.338 e. The molecule has 0 unspecified atom stereocenters. The van der Waals surface area contributed by atoms with Crippen LogP contribution < -0.4 is 5.73 Å². The fraction of sp³-hybridized carbons (Fsp3) is 0.875. The summed E-state index contributed by atoms with van der Waals surface area (Å²) in [4.78, 5) is 12.8. The van der Waals surface area contributed by atoms with E-state index in [1.54, 1.807) is 6.92 Å². The number of piperidine rings is 1. The lowest BCUT2D eigenvalue weighted by Gasteiger charge is -2.30. The van der Waals surface area contributed by atoms with Gasteiger partial charge in [-0.15, -0.1) is 0 Å². The lowest BCUT2D eigenvalue weighted by Crippen LogP contribution is -2.47. The number of likely N-dealkylation sites (tertiary alicyclic amines) is 1. The first-order chi connectivity index (χ1) is 5.61. The molecule has 12 heavy (non-hydrogen) atoms. The van der Waals surface area contributed by atoms with Gasteiger partial charge in [-0.3, -0.25) is 4.79 Å². The van der Waals surface area contributed by atoms with Gasteiger partial charge in [-0.2, -0.15) is 0 Å². The highest BCUT2D eigenvalue weighted by Crippen LogP contribution is 2.13. The molecule has 0 aromatic heterocycles. The largest absolute Gasteiger partial charge is 0.338 e. The highest BCUT2D eigenvalue weighted by Gasteiger charge is 2.24. The van der Waals surface area contributed by atoms with Crippen molar-refractivity contribution in [2.75, 3.05) is 13.1 Å². The molecule has 0 aliphatic carbocycles. The fourth-order valence-corrected chi connectivity index (χ4v) is 1.41. The Morgan fingerprint density at radius 2 is 2.42 bits per heavy atom. The second kappa shape index (κ2) is 3.85. The van der Waals surface area contributed by atoms with E-state index in [1.807, 2.05) is 0 Å². The molecule has 0 spiro atoms. The van der Waals surface area contributed by atoms with Crippen molar-refractivity contribution in [3.8, 4) is 0 Å². The van der Waals surface area contributed by atoms with Crippen LogP contribution in [0.4, 0.5) is 4.39 Å². The summed E-state index contributed by atoms with van der Waals surface area (Å²) in [6.07, 6.45) is 0.462. The third-order valence-electron chi connectivity index (χ3n) is 2.07. The normalized spacial score (nSPS) is 26.9. The summed E-state index contributed by atoms with van der Waals surface area (Å²) in [5.74, 6) is -0.141. The number of carbonyl (C=O) groups excluding carboxylic acids is 1. The molecule has 2 N–H and O–H groups in total.